The van der Waals surface area contributed by atoms with Crippen LogP contribution in [-0.2, 0) is 15.7 Å². The fraction of sp³-hybridized carbons (Fsp3) is 0.583. The summed E-state index contributed by atoms with van der Waals surface area (Å²) < 4.78 is 47.1. The number of anilines is 2. The van der Waals surface area contributed by atoms with Gasteiger partial charge in [0, 0.05) is 38.9 Å². The number of halogens is 4. The molecule has 0 saturated carbocycles. The van der Waals surface area contributed by atoms with Gasteiger partial charge in [0.1, 0.15) is 11.4 Å². The zero-order valence-corrected chi connectivity index (χ0v) is 20.8. The molecule has 9 nitrogen and oxygen atoms in total. The number of nitrogens with one attached hydrogen (secondary N) is 1. The highest BCUT2D eigenvalue weighted by Crippen LogP contribution is 2.39. The molecule has 1 amide bonds. The van der Waals surface area contributed by atoms with Crippen molar-refractivity contribution >= 4 is 29.0 Å². The van der Waals surface area contributed by atoms with Crippen molar-refractivity contribution in [2.45, 2.75) is 56.5 Å². The number of nitrogens with zero attached hydrogens (tertiary/aromatic N) is 5. The van der Waals surface area contributed by atoms with E-state index < -0.39 is 17.3 Å². The van der Waals surface area contributed by atoms with Crippen molar-refractivity contribution in [3.05, 3.63) is 45.5 Å². The van der Waals surface area contributed by atoms with Gasteiger partial charge in [-0.3, -0.25) is 9.59 Å². The molecule has 3 aliphatic heterocycles. The summed E-state index contributed by atoms with van der Waals surface area (Å²) in [4.78, 5) is 34.8. The smallest absolute Gasteiger partial charge is 0.372 e. The molecule has 0 radical (unpaired) electrons. The maximum atomic E-state index is 13.6. The molecule has 2 aromatic heterocycles. The molecule has 37 heavy (non-hydrogen) atoms. The van der Waals surface area contributed by atoms with Crippen LogP contribution in [0.5, 0.6) is 0 Å². The normalized spacial score (nSPS) is 24.6. The predicted molar refractivity (Wildman–Crippen MR) is 131 cm³/mol. The van der Waals surface area contributed by atoms with Crippen molar-refractivity contribution in [1.82, 2.24) is 20.1 Å². The maximum absolute atomic E-state index is 13.6. The maximum Gasteiger partial charge on any atom is 0.423 e. The minimum atomic E-state index is -4.79. The van der Waals surface area contributed by atoms with Crippen LogP contribution in [0.3, 0.4) is 0 Å². The molecule has 0 spiro atoms. The molecule has 200 valence electrons. The topological polar surface area (TPSA) is 94.7 Å². The van der Waals surface area contributed by atoms with Crippen molar-refractivity contribution in [2.75, 3.05) is 42.5 Å². The van der Waals surface area contributed by atoms with Gasteiger partial charge in [-0.25, -0.2) is 10.1 Å². The number of rotatable bonds is 5. The first-order valence-corrected chi connectivity index (χ1v) is 12.8. The Kier molecular flexibility index (Phi) is 7.30. The highest BCUT2D eigenvalue weighted by molar-refractivity contribution is 6.30. The first-order valence-electron chi connectivity index (χ1n) is 12.4. The molecule has 5 heterocycles. The van der Waals surface area contributed by atoms with Gasteiger partial charge in [-0.15, -0.1) is 0 Å². The summed E-state index contributed by atoms with van der Waals surface area (Å²) in [6, 6.07) is 3.34. The van der Waals surface area contributed by atoms with Gasteiger partial charge in [0.15, 0.2) is 0 Å². The van der Waals surface area contributed by atoms with Crippen molar-refractivity contribution in [2.24, 2.45) is 0 Å². The lowest BCUT2D eigenvalue weighted by Crippen LogP contribution is -2.49. The Labute approximate surface area is 216 Å². The van der Waals surface area contributed by atoms with E-state index in [0.29, 0.717) is 63.4 Å². The molecular weight excluding hydrogens is 513 g/mol. The van der Waals surface area contributed by atoms with Crippen LogP contribution in [0.15, 0.2) is 29.3 Å². The van der Waals surface area contributed by atoms with Crippen LogP contribution in [0.2, 0.25) is 5.02 Å². The predicted octanol–water partition coefficient (Wildman–Crippen LogP) is 3.09. The molecule has 1 N–H and O–H groups in total. The zero-order valence-electron chi connectivity index (χ0n) is 20.1. The van der Waals surface area contributed by atoms with Crippen LogP contribution in [0, 0.1) is 0 Å². The SMILES string of the molecule is O=C(C[C@@H]1CC[C@H]([C@@H]2CCCN2c2cn[nH]c(=O)c2C(F)(F)F)O1)N1CCN(c2ccc(Cl)cn2)CC1. The lowest BCUT2D eigenvalue weighted by Gasteiger charge is -2.36. The van der Waals surface area contributed by atoms with Crippen molar-refractivity contribution in [1.29, 1.82) is 0 Å². The number of carbonyl (C=O) groups excluding carboxylic acids is 1. The molecule has 2 aromatic rings. The minimum absolute atomic E-state index is 0.00999. The zero-order chi connectivity index (χ0) is 26.2. The third kappa shape index (κ3) is 5.54. The van der Waals surface area contributed by atoms with Gasteiger partial charge in [0.05, 0.1) is 41.6 Å². The number of alkyl halides is 3. The van der Waals surface area contributed by atoms with Crippen LogP contribution >= 0.6 is 11.6 Å². The van der Waals surface area contributed by atoms with Crippen LogP contribution in [0.1, 0.15) is 37.7 Å². The summed E-state index contributed by atoms with van der Waals surface area (Å²) in [5, 5.41) is 6.08. The summed E-state index contributed by atoms with van der Waals surface area (Å²) in [5.41, 5.74) is -2.69. The number of ether oxygens (including phenoxy) is 1. The molecular formula is C24H28ClF3N6O3. The summed E-state index contributed by atoms with van der Waals surface area (Å²) in [5.74, 6) is 0.833. The first kappa shape index (κ1) is 25.8. The second-order valence-electron chi connectivity index (χ2n) is 9.64. The van der Waals surface area contributed by atoms with E-state index in [1.54, 1.807) is 17.2 Å². The number of amides is 1. The van der Waals surface area contributed by atoms with E-state index in [2.05, 4.69) is 15.0 Å². The van der Waals surface area contributed by atoms with Gasteiger partial charge in [-0.05, 0) is 37.8 Å². The number of hydrogen-bond donors (Lipinski definition) is 1. The average molecular weight is 541 g/mol. The van der Waals surface area contributed by atoms with E-state index >= 15 is 0 Å². The quantitative estimate of drug-likeness (QED) is 0.623. The highest BCUT2D eigenvalue weighted by Gasteiger charge is 2.44. The van der Waals surface area contributed by atoms with Crippen LogP contribution < -0.4 is 15.4 Å². The molecule has 13 heteroatoms. The monoisotopic (exact) mass is 540 g/mol. The van der Waals surface area contributed by atoms with Crippen LogP contribution in [-0.4, -0.2) is 77.0 Å². The van der Waals surface area contributed by atoms with E-state index in [9.17, 15) is 22.8 Å². The van der Waals surface area contributed by atoms with Crippen molar-refractivity contribution < 1.29 is 22.7 Å². The Morgan fingerprint density at radius 3 is 2.59 bits per heavy atom. The summed E-state index contributed by atoms with van der Waals surface area (Å²) in [7, 11) is 0. The molecule has 0 aliphatic carbocycles. The molecule has 3 atom stereocenters. The molecule has 3 aliphatic rings. The standard InChI is InChI=1S/C24H28ClF3N6O3/c25-15-3-6-20(29-13-15)32-8-10-33(11-9-32)21(35)12-16-4-5-19(37-16)17-2-1-7-34(17)18-14-30-31-23(36)22(18)24(26,27)28/h3,6,13-14,16-17,19H,1-2,4-5,7-12H2,(H,31,36)/t16-,17-,19+/m0/s1. The number of H-pyrrole nitrogens is 1. The number of piperazine rings is 1. The number of aromatic nitrogens is 3. The van der Waals surface area contributed by atoms with Crippen LogP contribution in [0.4, 0.5) is 24.7 Å². The minimum Gasteiger partial charge on any atom is -0.372 e. The second kappa shape index (κ2) is 10.5. The van der Waals surface area contributed by atoms with E-state index in [4.69, 9.17) is 16.3 Å². The third-order valence-electron chi connectivity index (χ3n) is 7.37. The Balaban J connectivity index is 1.17. The lowest BCUT2D eigenvalue weighted by molar-refractivity contribution is -0.138. The van der Waals surface area contributed by atoms with Gasteiger partial charge in [-0.1, -0.05) is 11.6 Å². The number of pyridine rings is 1. The third-order valence-corrected chi connectivity index (χ3v) is 7.59. The van der Waals surface area contributed by atoms with Gasteiger partial charge >= 0.3 is 6.18 Å². The van der Waals surface area contributed by atoms with Crippen LogP contribution in [0.25, 0.3) is 0 Å². The molecule has 3 saturated heterocycles. The Morgan fingerprint density at radius 1 is 1.11 bits per heavy atom. The number of carbonyl (C=O) groups is 1. The fourth-order valence-corrected chi connectivity index (χ4v) is 5.70. The average Bonchev–Trinajstić information content (AvgIpc) is 3.53. The van der Waals surface area contributed by atoms with Crippen molar-refractivity contribution in [3.8, 4) is 0 Å². The van der Waals surface area contributed by atoms with Gasteiger partial charge in [0.2, 0.25) is 5.91 Å². The molecule has 0 aromatic carbocycles. The van der Waals surface area contributed by atoms with E-state index in [-0.39, 0.29) is 36.3 Å². The molecule has 0 bridgehead atoms. The lowest BCUT2D eigenvalue weighted by atomic mass is 10.0. The van der Waals surface area contributed by atoms with Gasteiger partial charge < -0.3 is 19.4 Å². The summed E-state index contributed by atoms with van der Waals surface area (Å²) >= 11 is 5.91. The second-order valence-corrected chi connectivity index (χ2v) is 10.1. The Hall–Kier alpha value is -2.86. The largest absolute Gasteiger partial charge is 0.423 e. The molecule has 0 unspecified atom stereocenters. The number of hydrogen-bond acceptors (Lipinski definition) is 7. The van der Waals surface area contributed by atoms with Gasteiger partial charge in [-0.2, -0.15) is 18.3 Å². The Bertz CT molecular complexity index is 1170. The fourth-order valence-electron chi connectivity index (χ4n) is 5.59. The summed E-state index contributed by atoms with van der Waals surface area (Å²) in [6.45, 7) is 2.86. The Morgan fingerprint density at radius 2 is 1.89 bits per heavy atom. The van der Waals surface area contributed by atoms with E-state index in [1.165, 1.54) is 0 Å². The number of aromatic amines is 1. The van der Waals surface area contributed by atoms with Crippen molar-refractivity contribution in [3.63, 3.8) is 0 Å². The van der Waals surface area contributed by atoms with E-state index in [0.717, 1.165) is 12.0 Å². The van der Waals surface area contributed by atoms with E-state index in [1.807, 2.05) is 16.1 Å². The summed E-state index contributed by atoms with van der Waals surface area (Å²) in [6.07, 6.45) is 0.162. The van der Waals surface area contributed by atoms with Gasteiger partial charge in [0.25, 0.3) is 5.56 Å². The first-order chi connectivity index (χ1) is 17.7. The molecule has 5 rings (SSSR count). The molecule has 3 fully saturated rings. The highest BCUT2D eigenvalue weighted by atomic mass is 35.5.